The first-order chi connectivity index (χ1) is 10.3. The molecule has 0 aromatic rings. The predicted molar refractivity (Wildman–Crippen MR) is 87.3 cm³/mol. The Balaban J connectivity index is 1.55. The van der Waals surface area contributed by atoms with Crippen molar-refractivity contribution in [3.8, 4) is 0 Å². The fraction of sp³-hybridized carbons (Fsp3) is 0.941. The topological polar surface area (TPSA) is 44.4 Å². The van der Waals surface area contributed by atoms with Gasteiger partial charge >= 0.3 is 0 Å². The van der Waals surface area contributed by atoms with Gasteiger partial charge in [0.05, 0.1) is 0 Å². The van der Waals surface area contributed by atoms with Crippen LogP contribution in [-0.2, 0) is 4.79 Å². The highest BCUT2D eigenvalue weighted by Crippen LogP contribution is 2.18. The van der Waals surface area contributed by atoms with E-state index in [1.54, 1.807) is 0 Å². The van der Waals surface area contributed by atoms with Gasteiger partial charge in [0, 0.05) is 19.0 Å². The number of likely N-dealkylation sites (tertiary alicyclic amines) is 1. The highest BCUT2D eigenvalue weighted by Gasteiger charge is 2.20. The molecule has 0 spiro atoms. The van der Waals surface area contributed by atoms with Crippen molar-refractivity contribution in [2.24, 2.45) is 5.92 Å². The lowest BCUT2D eigenvalue weighted by atomic mass is 9.95. The van der Waals surface area contributed by atoms with Gasteiger partial charge in [-0.2, -0.15) is 0 Å². The molecule has 2 N–H and O–H groups in total. The van der Waals surface area contributed by atoms with Gasteiger partial charge in [0.25, 0.3) is 0 Å². The number of rotatable bonds is 7. The summed E-state index contributed by atoms with van der Waals surface area (Å²) in [5, 5.41) is 6.67. The molecular formula is C17H33N3O. The molecule has 2 rings (SSSR count). The number of carbonyl (C=O) groups excluding carboxylic acids is 1. The van der Waals surface area contributed by atoms with Crippen LogP contribution in [0.2, 0.25) is 0 Å². The van der Waals surface area contributed by atoms with Crippen molar-refractivity contribution in [1.29, 1.82) is 0 Å². The maximum absolute atomic E-state index is 12.0. The summed E-state index contributed by atoms with van der Waals surface area (Å²) < 4.78 is 0. The van der Waals surface area contributed by atoms with Crippen LogP contribution in [0.5, 0.6) is 0 Å². The van der Waals surface area contributed by atoms with Crippen LogP contribution in [0.3, 0.4) is 0 Å². The third kappa shape index (κ3) is 6.35. The number of carbonyl (C=O) groups is 1. The van der Waals surface area contributed by atoms with Crippen LogP contribution < -0.4 is 10.6 Å². The molecule has 1 amide bonds. The Morgan fingerprint density at radius 3 is 2.48 bits per heavy atom. The van der Waals surface area contributed by atoms with E-state index in [1.165, 1.54) is 44.9 Å². The monoisotopic (exact) mass is 295 g/mol. The third-order valence-corrected chi connectivity index (χ3v) is 5.02. The first-order valence-corrected chi connectivity index (χ1v) is 9.00. The summed E-state index contributed by atoms with van der Waals surface area (Å²) in [5.41, 5.74) is 0. The molecule has 2 aliphatic rings. The van der Waals surface area contributed by atoms with E-state index in [9.17, 15) is 4.79 Å². The van der Waals surface area contributed by atoms with E-state index in [-0.39, 0.29) is 5.91 Å². The molecule has 1 aliphatic carbocycles. The van der Waals surface area contributed by atoms with E-state index in [4.69, 9.17) is 0 Å². The fourth-order valence-corrected chi connectivity index (χ4v) is 3.57. The number of nitrogens with zero attached hydrogens (tertiary/aromatic N) is 1. The second-order valence-electron chi connectivity index (χ2n) is 6.75. The Morgan fingerprint density at radius 1 is 1.10 bits per heavy atom. The number of hydrogen-bond donors (Lipinski definition) is 2. The maximum Gasteiger partial charge on any atom is 0.221 e. The molecule has 122 valence electrons. The highest BCUT2D eigenvalue weighted by atomic mass is 16.1. The van der Waals surface area contributed by atoms with Crippen molar-refractivity contribution >= 4 is 5.91 Å². The zero-order valence-electron chi connectivity index (χ0n) is 13.7. The Bertz CT molecular complexity index is 294. The molecule has 1 heterocycles. The van der Waals surface area contributed by atoms with Crippen molar-refractivity contribution in [3.05, 3.63) is 0 Å². The Kier molecular flexibility index (Phi) is 7.51. The molecule has 0 aromatic heterocycles. The predicted octanol–water partition coefficient (Wildman–Crippen LogP) is 2.15. The highest BCUT2D eigenvalue weighted by molar-refractivity contribution is 5.76. The second kappa shape index (κ2) is 9.42. The lowest BCUT2D eigenvalue weighted by Crippen LogP contribution is -2.41. The molecule has 0 bridgehead atoms. The van der Waals surface area contributed by atoms with Crippen LogP contribution in [0, 0.1) is 5.92 Å². The minimum atomic E-state index is 0.261. The summed E-state index contributed by atoms with van der Waals surface area (Å²) in [6, 6.07) is 0.456. The Labute approximate surface area is 130 Å². The van der Waals surface area contributed by atoms with E-state index in [0.29, 0.717) is 12.5 Å². The van der Waals surface area contributed by atoms with Crippen LogP contribution in [0.1, 0.15) is 58.3 Å². The molecule has 1 saturated carbocycles. The summed E-state index contributed by atoms with van der Waals surface area (Å²) in [7, 11) is 0. The van der Waals surface area contributed by atoms with Gasteiger partial charge in [-0.1, -0.05) is 26.2 Å². The second-order valence-corrected chi connectivity index (χ2v) is 6.75. The van der Waals surface area contributed by atoms with Crippen LogP contribution in [0.15, 0.2) is 0 Å². The van der Waals surface area contributed by atoms with Crippen molar-refractivity contribution in [2.45, 2.75) is 64.3 Å². The minimum absolute atomic E-state index is 0.261. The van der Waals surface area contributed by atoms with Crippen molar-refractivity contribution in [2.75, 3.05) is 32.7 Å². The van der Waals surface area contributed by atoms with E-state index >= 15 is 0 Å². The quantitative estimate of drug-likeness (QED) is 0.756. The van der Waals surface area contributed by atoms with Gasteiger partial charge in [-0.25, -0.2) is 0 Å². The van der Waals surface area contributed by atoms with Gasteiger partial charge in [-0.15, -0.1) is 0 Å². The van der Waals surface area contributed by atoms with Gasteiger partial charge in [0.15, 0.2) is 0 Å². The van der Waals surface area contributed by atoms with Crippen molar-refractivity contribution in [1.82, 2.24) is 15.5 Å². The molecule has 1 saturated heterocycles. The maximum atomic E-state index is 12.0. The van der Waals surface area contributed by atoms with Crippen molar-refractivity contribution in [3.63, 3.8) is 0 Å². The van der Waals surface area contributed by atoms with Gasteiger partial charge in [-0.3, -0.25) is 4.79 Å². The summed E-state index contributed by atoms with van der Waals surface area (Å²) in [6.07, 6.45) is 9.49. The minimum Gasteiger partial charge on any atom is -0.353 e. The molecule has 0 atom stereocenters. The number of nitrogens with one attached hydrogen (secondary N) is 2. The lowest BCUT2D eigenvalue weighted by Gasteiger charge is -2.32. The zero-order chi connectivity index (χ0) is 14.9. The van der Waals surface area contributed by atoms with Gasteiger partial charge in [0.1, 0.15) is 0 Å². The van der Waals surface area contributed by atoms with Crippen LogP contribution in [0.4, 0.5) is 0 Å². The first kappa shape index (κ1) is 16.8. The molecule has 0 radical (unpaired) electrons. The standard InChI is InChI=1S/C17H33N3O/c1-2-18-14-15-8-11-20(12-9-15)13-10-17(21)19-16-6-4-3-5-7-16/h15-16,18H,2-14H2,1H3,(H,19,21). The lowest BCUT2D eigenvalue weighted by molar-refractivity contribution is -0.122. The largest absolute Gasteiger partial charge is 0.353 e. The average molecular weight is 295 g/mol. The van der Waals surface area contributed by atoms with E-state index < -0.39 is 0 Å². The first-order valence-electron chi connectivity index (χ1n) is 9.00. The van der Waals surface area contributed by atoms with Gasteiger partial charge in [-0.05, 0) is 57.8 Å². The van der Waals surface area contributed by atoms with Gasteiger partial charge in [0.2, 0.25) is 5.91 Å². The molecule has 4 nitrogen and oxygen atoms in total. The Morgan fingerprint density at radius 2 is 1.81 bits per heavy atom. The van der Waals surface area contributed by atoms with E-state index in [1.807, 2.05) is 0 Å². The SMILES string of the molecule is CCNCC1CCN(CCC(=O)NC2CCCCC2)CC1. The fourth-order valence-electron chi connectivity index (χ4n) is 3.57. The normalized spacial score (nSPS) is 22.3. The molecule has 21 heavy (non-hydrogen) atoms. The van der Waals surface area contributed by atoms with E-state index in [2.05, 4.69) is 22.5 Å². The van der Waals surface area contributed by atoms with Crippen molar-refractivity contribution < 1.29 is 4.79 Å². The van der Waals surface area contributed by atoms with Crippen LogP contribution in [-0.4, -0.2) is 49.6 Å². The summed E-state index contributed by atoms with van der Waals surface area (Å²) >= 11 is 0. The van der Waals surface area contributed by atoms with Crippen LogP contribution >= 0.6 is 0 Å². The van der Waals surface area contributed by atoms with Gasteiger partial charge < -0.3 is 15.5 Å². The molecule has 1 aliphatic heterocycles. The number of piperidine rings is 1. The zero-order valence-corrected chi connectivity index (χ0v) is 13.7. The van der Waals surface area contributed by atoms with E-state index in [0.717, 1.165) is 38.6 Å². The molecule has 0 aromatic carbocycles. The van der Waals surface area contributed by atoms with Crippen LogP contribution in [0.25, 0.3) is 0 Å². The third-order valence-electron chi connectivity index (χ3n) is 5.02. The Hall–Kier alpha value is -0.610. The molecule has 0 unspecified atom stereocenters. The molecule has 2 fully saturated rings. The summed E-state index contributed by atoms with van der Waals surface area (Å²) in [6.45, 7) is 7.65. The number of hydrogen-bond acceptors (Lipinski definition) is 3. The average Bonchev–Trinajstić information content (AvgIpc) is 2.53. The summed E-state index contributed by atoms with van der Waals surface area (Å²) in [4.78, 5) is 14.5. The smallest absolute Gasteiger partial charge is 0.221 e. The molecular weight excluding hydrogens is 262 g/mol. The number of amides is 1. The summed E-state index contributed by atoms with van der Waals surface area (Å²) in [5.74, 6) is 1.09. The molecule has 4 heteroatoms.